The first-order chi connectivity index (χ1) is 9.33. The fraction of sp³-hybridized carbons (Fsp3) is 0.533. The van der Waals surface area contributed by atoms with Crippen molar-refractivity contribution in [3.05, 3.63) is 35.9 Å². The summed E-state index contributed by atoms with van der Waals surface area (Å²) in [5.41, 5.74) is 1.01. The maximum absolute atomic E-state index is 12.1. The monoisotopic (exact) mass is 261 g/mol. The molecular weight excluding hydrogens is 242 g/mol. The zero-order valence-electron chi connectivity index (χ0n) is 11.0. The number of hydrogen-bond donors (Lipinski definition) is 0. The Labute approximate surface area is 113 Å². The second-order valence-corrected chi connectivity index (χ2v) is 5.17. The number of carbonyl (C=O) groups is 1. The van der Waals surface area contributed by atoms with Gasteiger partial charge >= 0.3 is 6.09 Å². The van der Waals surface area contributed by atoms with E-state index in [1.165, 1.54) is 0 Å². The zero-order valence-corrected chi connectivity index (χ0v) is 11.0. The van der Waals surface area contributed by atoms with E-state index >= 15 is 0 Å². The van der Waals surface area contributed by atoms with Crippen LogP contribution >= 0.6 is 0 Å². The summed E-state index contributed by atoms with van der Waals surface area (Å²) in [4.78, 5) is 13.8. The largest absolute Gasteiger partial charge is 0.444 e. The van der Waals surface area contributed by atoms with Crippen molar-refractivity contribution >= 4 is 6.09 Å². The summed E-state index contributed by atoms with van der Waals surface area (Å²) in [6.07, 6.45) is 4.14. The van der Waals surface area contributed by atoms with Crippen LogP contribution in [0.4, 0.5) is 4.79 Å². The Bertz CT molecular complexity index is 434. The molecule has 2 saturated heterocycles. The van der Waals surface area contributed by atoms with E-state index in [0.29, 0.717) is 12.7 Å². The van der Waals surface area contributed by atoms with Crippen molar-refractivity contribution in [1.29, 1.82) is 0 Å². The molecular formula is C15H19NO3. The Kier molecular flexibility index (Phi) is 3.69. The van der Waals surface area contributed by atoms with Gasteiger partial charge in [-0.3, -0.25) is 4.90 Å². The molecule has 2 aliphatic rings. The third-order valence-electron chi connectivity index (χ3n) is 3.81. The molecule has 4 heteroatoms. The second-order valence-electron chi connectivity index (χ2n) is 5.17. The molecule has 0 aromatic heterocycles. The van der Waals surface area contributed by atoms with Gasteiger partial charge in [-0.05, 0) is 31.2 Å². The molecule has 2 heterocycles. The number of rotatable bonds is 2. The van der Waals surface area contributed by atoms with Crippen molar-refractivity contribution in [3.63, 3.8) is 0 Å². The van der Waals surface area contributed by atoms with Gasteiger partial charge in [0, 0.05) is 6.54 Å². The highest BCUT2D eigenvalue weighted by molar-refractivity contribution is 5.68. The van der Waals surface area contributed by atoms with Gasteiger partial charge in [0.15, 0.2) is 0 Å². The van der Waals surface area contributed by atoms with Gasteiger partial charge in [0.25, 0.3) is 0 Å². The lowest BCUT2D eigenvalue weighted by molar-refractivity contribution is -0.154. The second kappa shape index (κ2) is 5.61. The minimum Gasteiger partial charge on any atom is -0.444 e. The van der Waals surface area contributed by atoms with Crippen molar-refractivity contribution < 1.29 is 14.3 Å². The molecule has 19 heavy (non-hydrogen) atoms. The molecule has 2 atom stereocenters. The topological polar surface area (TPSA) is 38.8 Å². The lowest BCUT2D eigenvalue weighted by Gasteiger charge is -2.42. The number of amides is 1. The minimum absolute atomic E-state index is 0.0734. The third-order valence-corrected chi connectivity index (χ3v) is 3.81. The lowest BCUT2D eigenvalue weighted by atomic mass is 10.0. The van der Waals surface area contributed by atoms with Gasteiger partial charge in [-0.15, -0.1) is 0 Å². The van der Waals surface area contributed by atoms with Crippen molar-refractivity contribution in [2.24, 2.45) is 0 Å². The van der Waals surface area contributed by atoms with Gasteiger partial charge in [-0.1, -0.05) is 30.3 Å². The molecule has 3 rings (SSSR count). The molecule has 2 aliphatic heterocycles. The molecule has 102 valence electrons. The molecule has 0 aliphatic carbocycles. The normalized spacial score (nSPS) is 26.0. The van der Waals surface area contributed by atoms with E-state index in [2.05, 4.69) is 0 Å². The molecule has 1 aromatic rings. The summed E-state index contributed by atoms with van der Waals surface area (Å²) in [6, 6.07) is 9.75. The zero-order chi connectivity index (χ0) is 13.1. The summed E-state index contributed by atoms with van der Waals surface area (Å²) in [5.74, 6) is 0. The van der Waals surface area contributed by atoms with Crippen LogP contribution in [0.25, 0.3) is 0 Å². The third kappa shape index (κ3) is 2.89. The Morgan fingerprint density at radius 1 is 1.26 bits per heavy atom. The van der Waals surface area contributed by atoms with Crippen LogP contribution in [0, 0.1) is 0 Å². The fourth-order valence-electron chi connectivity index (χ4n) is 2.76. The predicted octanol–water partition coefficient (Wildman–Crippen LogP) is 2.92. The van der Waals surface area contributed by atoms with Crippen LogP contribution < -0.4 is 0 Å². The molecule has 0 radical (unpaired) electrons. The molecule has 2 fully saturated rings. The standard InChI is InChI=1S/C15H19NO3/c17-15(18-11-12-5-2-1-3-6-12)16-10-9-13-7-4-8-14(16)19-13/h1-3,5-6,13-14H,4,7-11H2. The van der Waals surface area contributed by atoms with Gasteiger partial charge in [-0.25, -0.2) is 4.79 Å². The van der Waals surface area contributed by atoms with Gasteiger partial charge in [0.2, 0.25) is 0 Å². The summed E-state index contributed by atoms with van der Waals surface area (Å²) in [6.45, 7) is 1.08. The van der Waals surface area contributed by atoms with Gasteiger partial charge < -0.3 is 9.47 Å². The minimum atomic E-state index is -0.255. The highest BCUT2D eigenvalue weighted by atomic mass is 16.6. The van der Waals surface area contributed by atoms with Crippen molar-refractivity contribution in [2.45, 2.75) is 44.6 Å². The van der Waals surface area contributed by atoms with E-state index in [4.69, 9.17) is 9.47 Å². The van der Waals surface area contributed by atoms with E-state index in [-0.39, 0.29) is 12.3 Å². The first-order valence-electron chi connectivity index (χ1n) is 6.96. The van der Waals surface area contributed by atoms with Gasteiger partial charge in [-0.2, -0.15) is 0 Å². The quantitative estimate of drug-likeness (QED) is 0.821. The van der Waals surface area contributed by atoms with Crippen LogP contribution in [0.15, 0.2) is 30.3 Å². The van der Waals surface area contributed by atoms with Crippen LogP contribution in [0.3, 0.4) is 0 Å². The number of ether oxygens (including phenoxy) is 2. The van der Waals surface area contributed by atoms with Crippen molar-refractivity contribution in [1.82, 2.24) is 4.90 Å². The van der Waals surface area contributed by atoms with Gasteiger partial charge in [0.05, 0.1) is 6.10 Å². The van der Waals surface area contributed by atoms with Crippen LogP contribution in [-0.4, -0.2) is 29.9 Å². The van der Waals surface area contributed by atoms with Crippen LogP contribution in [0.1, 0.15) is 31.2 Å². The Morgan fingerprint density at radius 2 is 2.11 bits per heavy atom. The molecule has 0 N–H and O–H groups in total. The molecule has 2 bridgehead atoms. The van der Waals surface area contributed by atoms with Crippen molar-refractivity contribution in [2.75, 3.05) is 6.54 Å². The molecule has 1 aromatic carbocycles. The Balaban J connectivity index is 1.55. The number of benzene rings is 1. The van der Waals surface area contributed by atoms with E-state index in [0.717, 1.165) is 37.8 Å². The summed E-state index contributed by atoms with van der Waals surface area (Å²) < 4.78 is 11.2. The number of likely N-dealkylation sites (tertiary alicyclic amines) is 1. The summed E-state index contributed by atoms with van der Waals surface area (Å²) in [7, 11) is 0. The molecule has 0 saturated carbocycles. The Hall–Kier alpha value is -1.55. The molecule has 2 unspecified atom stereocenters. The average Bonchev–Trinajstić information content (AvgIpc) is 2.46. The highest BCUT2D eigenvalue weighted by Gasteiger charge is 2.35. The van der Waals surface area contributed by atoms with E-state index in [1.807, 2.05) is 30.3 Å². The summed E-state index contributed by atoms with van der Waals surface area (Å²) in [5, 5.41) is 0. The first kappa shape index (κ1) is 12.5. The predicted molar refractivity (Wildman–Crippen MR) is 70.5 cm³/mol. The lowest BCUT2D eigenvalue weighted by Crippen LogP contribution is -2.51. The fourth-order valence-corrected chi connectivity index (χ4v) is 2.76. The van der Waals surface area contributed by atoms with Crippen molar-refractivity contribution in [3.8, 4) is 0 Å². The molecule has 4 nitrogen and oxygen atoms in total. The molecule has 1 amide bonds. The smallest absolute Gasteiger partial charge is 0.412 e. The van der Waals surface area contributed by atoms with E-state index in [1.54, 1.807) is 4.90 Å². The SMILES string of the molecule is O=C(OCc1ccccc1)N1CCC2CCCC1O2. The number of hydrogen-bond acceptors (Lipinski definition) is 3. The average molecular weight is 261 g/mol. The Morgan fingerprint density at radius 3 is 2.95 bits per heavy atom. The van der Waals surface area contributed by atoms with E-state index < -0.39 is 0 Å². The molecule has 0 spiro atoms. The van der Waals surface area contributed by atoms with E-state index in [9.17, 15) is 4.79 Å². The number of fused-ring (bicyclic) bond motifs is 2. The highest BCUT2D eigenvalue weighted by Crippen LogP contribution is 2.29. The van der Waals surface area contributed by atoms with Crippen LogP contribution in [-0.2, 0) is 16.1 Å². The van der Waals surface area contributed by atoms with Gasteiger partial charge in [0.1, 0.15) is 12.8 Å². The first-order valence-corrected chi connectivity index (χ1v) is 6.96. The summed E-state index contributed by atoms with van der Waals surface area (Å²) >= 11 is 0. The maximum Gasteiger partial charge on any atom is 0.412 e. The number of carbonyl (C=O) groups excluding carboxylic acids is 1. The van der Waals surface area contributed by atoms with Crippen LogP contribution in [0.2, 0.25) is 0 Å². The van der Waals surface area contributed by atoms with Crippen LogP contribution in [0.5, 0.6) is 0 Å². The maximum atomic E-state index is 12.1. The number of nitrogens with zero attached hydrogens (tertiary/aromatic N) is 1.